The molecule has 0 unspecified atom stereocenters. The summed E-state index contributed by atoms with van der Waals surface area (Å²) in [5, 5.41) is 9.40. The number of hydrogen-bond acceptors (Lipinski definition) is 5. The van der Waals surface area contributed by atoms with Crippen LogP contribution in [0.15, 0.2) is 82.6 Å². The van der Waals surface area contributed by atoms with Gasteiger partial charge in [0.1, 0.15) is 0 Å². The number of para-hydroxylation sites is 1. The molecule has 1 amide bonds. The minimum Gasteiger partial charge on any atom is -0.461 e. The van der Waals surface area contributed by atoms with Crippen molar-refractivity contribution in [2.45, 2.75) is 18.1 Å². The number of carbonyl (C=O) groups is 1. The minimum absolute atomic E-state index is 0.0822. The summed E-state index contributed by atoms with van der Waals surface area (Å²) in [5.74, 6) is 1.70. The molecule has 5 rings (SSSR count). The molecule has 7 heteroatoms. The molecule has 0 bridgehead atoms. The number of carbonyl (C=O) groups excluding carboxylic acids is 1. The standard InChI is InChI=1S/C23H20N4O2S/c28-21(26-13-12-18-9-4-5-10-19(18)26)16-30-23-25-24-22(20-11-6-14-29-20)27(23)15-17-7-2-1-3-8-17/h1-11,14H,12-13,15-16H2. The molecule has 0 radical (unpaired) electrons. The predicted octanol–water partition coefficient (Wildman–Crippen LogP) is 4.27. The minimum atomic E-state index is 0.0822. The van der Waals surface area contributed by atoms with Crippen molar-refractivity contribution in [1.82, 2.24) is 14.8 Å². The van der Waals surface area contributed by atoms with Gasteiger partial charge in [-0.25, -0.2) is 0 Å². The van der Waals surface area contributed by atoms with Crippen LogP contribution in [-0.4, -0.2) is 33.0 Å². The van der Waals surface area contributed by atoms with Gasteiger partial charge in [0, 0.05) is 12.2 Å². The number of hydrogen-bond donors (Lipinski definition) is 0. The van der Waals surface area contributed by atoms with Crippen molar-refractivity contribution < 1.29 is 9.21 Å². The highest BCUT2D eigenvalue weighted by Crippen LogP contribution is 2.30. The van der Waals surface area contributed by atoms with E-state index in [1.807, 2.05) is 58.0 Å². The summed E-state index contributed by atoms with van der Waals surface area (Å²) in [4.78, 5) is 14.8. The summed E-state index contributed by atoms with van der Waals surface area (Å²) in [6.07, 6.45) is 2.53. The molecule has 0 atom stereocenters. The molecular weight excluding hydrogens is 396 g/mol. The highest BCUT2D eigenvalue weighted by Gasteiger charge is 2.25. The number of benzene rings is 2. The summed E-state index contributed by atoms with van der Waals surface area (Å²) >= 11 is 1.41. The van der Waals surface area contributed by atoms with Crippen molar-refractivity contribution in [1.29, 1.82) is 0 Å². The third-order valence-electron chi connectivity index (χ3n) is 5.15. The van der Waals surface area contributed by atoms with Crippen LogP contribution in [0.4, 0.5) is 5.69 Å². The maximum atomic E-state index is 12.9. The second-order valence-corrected chi connectivity index (χ2v) is 8.01. The molecule has 0 N–H and O–H groups in total. The van der Waals surface area contributed by atoms with Gasteiger partial charge in [-0.1, -0.05) is 60.3 Å². The molecule has 1 aliphatic rings. The predicted molar refractivity (Wildman–Crippen MR) is 116 cm³/mol. The molecule has 0 spiro atoms. The Morgan fingerprint density at radius 3 is 2.67 bits per heavy atom. The van der Waals surface area contributed by atoms with E-state index >= 15 is 0 Å². The van der Waals surface area contributed by atoms with Gasteiger partial charge in [-0.15, -0.1) is 10.2 Å². The Morgan fingerprint density at radius 2 is 1.83 bits per heavy atom. The fourth-order valence-corrected chi connectivity index (χ4v) is 4.51. The van der Waals surface area contributed by atoms with E-state index in [1.54, 1.807) is 6.26 Å². The quantitative estimate of drug-likeness (QED) is 0.439. The van der Waals surface area contributed by atoms with Gasteiger partial charge >= 0.3 is 0 Å². The topological polar surface area (TPSA) is 64.2 Å². The molecule has 0 saturated carbocycles. The van der Waals surface area contributed by atoms with Gasteiger partial charge in [-0.05, 0) is 35.7 Å². The van der Waals surface area contributed by atoms with Crippen molar-refractivity contribution >= 4 is 23.4 Å². The molecule has 6 nitrogen and oxygen atoms in total. The first kappa shape index (κ1) is 18.7. The normalized spacial score (nSPS) is 12.9. The van der Waals surface area contributed by atoms with Gasteiger partial charge in [0.05, 0.1) is 18.6 Å². The van der Waals surface area contributed by atoms with E-state index in [2.05, 4.69) is 28.4 Å². The number of furan rings is 1. The Hall–Kier alpha value is -3.32. The molecule has 2 aromatic heterocycles. The van der Waals surface area contributed by atoms with Gasteiger partial charge in [-0.2, -0.15) is 0 Å². The van der Waals surface area contributed by atoms with Crippen LogP contribution >= 0.6 is 11.8 Å². The van der Waals surface area contributed by atoms with E-state index in [-0.39, 0.29) is 5.91 Å². The summed E-state index contributed by atoms with van der Waals surface area (Å²) in [6.45, 7) is 1.33. The SMILES string of the molecule is O=C(CSc1nnc(-c2ccco2)n1Cc1ccccc1)N1CCc2ccccc21. The highest BCUT2D eigenvalue weighted by atomic mass is 32.2. The first-order valence-electron chi connectivity index (χ1n) is 9.81. The summed E-state index contributed by atoms with van der Waals surface area (Å²) < 4.78 is 7.55. The van der Waals surface area contributed by atoms with Crippen LogP contribution in [0.2, 0.25) is 0 Å². The third-order valence-corrected chi connectivity index (χ3v) is 6.11. The Kier molecular flexibility index (Phi) is 5.11. The number of fused-ring (bicyclic) bond motifs is 1. The van der Waals surface area contributed by atoms with Crippen LogP contribution in [0.5, 0.6) is 0 Å². The number of aromatic nitrogens is 3. The van der Waals surface area contributed by atoms with E-state index in [0.717, 1.165) is 24.2 Å². The van der Waals surface area contributed by atoms with Crippen molar-refractivity contribution in [2.75, 3.05) is 17.2 Å². The van der Waals surface area contributed by atoms with Crippen LogP contribution in [-0.2, 0) is 17.8 Å². The van der Waals surface area contributed by atoms with Gasteiger partial charge in [0.25, 0.3) is 0 Å². The van der Waals surface area contributed by atoms with Crippen LogP contribution in [0.3, 0.4) is 0 Å². The fraction of sp³-hybridized carbons (Fsp3) is 0.174. The lowest BCUT2D eigenvalue weighted by Crippen LogP contribution is -2.30. The smallest absolute Gasteiger partial charge is 0.237 e. The van der Waals surface area contributed by atoms with E-state index < -0.39 is 0 Å². The van der Waals surface area contributed by atoms with Gasteiger partial charge < -0.3 is 9.32 Å². The third kappa shape index (κ3) is 3.64. The van der Waals surface area contributed by atoms with Gasteiger partial charge in [-0.3, -0.25) is 9.36 Å². The maximum Gasteiger partial charge on any atom is 0.237 e. The molecule has 30 heavy (non-hydrogen) atoms. The molecule has 3 heterocycles. The number of rotatable bonds is 6. The molecular formula is C23H20N4O2S. The van der Waals surface area contributed by atoms with Gasteiger partial charge in [0.15, 0.2) is 10.9 Å². The van der Waals surface area contributed by atoms with Crippen molar-refractivity contribution in [3.63, 3.8) is 0 Å². The van der Waals surface area contributed by atoms with Crippen LogP contribution in [0.25, 0.3) is 11.6 Å². The van der Waals surface area contributed by atoms with E-state index in [1.165, 1.54) is 17.3 Å². The number of anilines is 1. The zero-order valence-electron chi connectivity index (χ0n) is 16.3. The van der Waals surface area contributed by atoms with Crippen molar-refractivity contribution in [3.05, 3.63) is 84.1 Å². The van der Waals surface area contributed by atoms with Crippen LogP contribution < -0.4 is 4.90 Å². The molecule has 0 aliphatic carbocycles. The Bertz CT molecular complexity index is 1160. The first-order valence-corrected chi connectivity index (χ1v) is 10.8. The summed E-state index contributed by atoms with van der Waals surface area (Å²) in [7, 11) is 0. The Labute approximate surface area is 178 Å². The fourth-order valence-electron chi connectivity index (χ4n) is 3.69. The monoisotopic (exact) mass is 416 g/mol. The van der Waals surface area contributed by atoms with Gasteiger partial charge in [0.2, 0.25) is 11.7 Å². The molecule has 2 aromatic carbocycles. The maximum absolute atomic E-state index is 12.9. The largest absolute Gasteiger partial charge is 0.461 e. The van der Waals surface area contributed by atoms with Crippen molar-refractivity contribution in [2.24, 2.45) is 0 Å². The Morgan fingerprint density at radius 1 is 1.00 bits per heavy atom. The van der Waals surface area contributed by atoms with E-state index in [4.69, 9.17) is 4.42 Å². The average molecular weight is 417 g/mol. The molecule has 1 aliphatic heterocycles. The highest BCUT2D eigenvalue weighted by molar-refractivity contribution is 7.99. The Balaban J connectivity index is 1.37. The van der Waals surface area contributed by atoms with Crippen LogP contribution in [0, 0.1) is 0 Å². The van der Waals surface area contributed by atoms with E-state index in [9.17, 15) is 4.79 Å². The second-order valence-electron chi connectivity index (χ2n) is 7.07. The summed E-state index contributed by atoms with van der Waals surface area (Å²) in [5.41, 5.74) is 3.38. The van der Waals surface area contributed by atoms with E-state index in [0.29, 0.717) is 29.0 Å². The molecule has 0 fully saturated rings. The lowest BCUT2D eigenvalue weighted by atomic mass is 10.2. The lowest BCUT2D eigenvalue weighted by Gasteiger charge is -2.17. The molecule has 150 valence electrons. The number of thioether (sulfide) groups is 1. The summed E-state index contributed by atoms with van der Waals surface area (Å²) in [6, 6.07) is 21.9. The second kappa shape index (κ2) is 8.20. The average Bonchev–Trinajstić information content (AvgIpc) is 3.52. The lowest BCUT2D eigenvalue weighted by molar-refractivity contribution is -0.116. The zero-order chi connectivity index (χ0) is 20.3. The first-order chi connectivity index (χ1) is 14.8. The van der Waals surface area contributed by atoms with Crippen LogP contribution in [0.1, 0.15) is 11.1 Å². The van der Waals surface area contributed by atoms with Crippen molar-refractivity contribution in [3.8, 4) is 11.6 Å². The zero-order valence-corrected chi connectivity index (χ0v) is 17.1. The molecule has 0 saturated heterocycles. The number of amides is 1. The molecule has 4 aromatic rings. The number of nitrogens with zero attached hydrogens (tertiary/aromatic N) is 4.